The fraction of sp³-hybridized carbons (Fsp3) is 0.462. The number of methoxy groups -OCH3 is 1. The lowest BCUT2D eigenvalue weighted by atomic mass is 10.1. The second-order valence-corrected chi connectivity index (χ2v) is 3.73. The summed E-state index contributed by atoms with van der Waals surface area (Å²) >= 11 is 0. The molecule has 0 radical (unpaired) electrons. The van der Waals surface area contributed by atoms with Crippen molar-refractivity contribution in [3.05, 3.63) is 29.8 Å². The number of amides is 1. The monoisotopic (exact) mass is 221 g/mol. The molecule has 3 nitrogen and oxygen atoms in total. The average Bonchev–Trinajstić information content (AvgIpc) is 2.30. The van der Waals surface area contributed by atoms with E-state index in [0.717, 1.165) is 30.7 Å². The number of hydrogen-bond donors (Lipinski definition) is 1. The third-order valence-electron chi connectivity index (χ3n) is 2.38. The molecule has 1 aromatic carbocycles. The zero-order valence-electron chi connectivity index (χ0n) is 9.95. The topological polar surface area (TPSA) is 38.3 Å². The molecular formula is C13H19NO2. The van der Waals surface area contributed by atoms with Crippen LogP contribution < -0.4 is 10.1 Å². The van der Waals surface area contributed by atoms with E-state index in [0.29, 0.717) is 6.42 Å². The Bertz CT molecular complexity index is 319. The molecule has 3 heteroatoms. The van der Waals surface area contributed by atoms with Gasteiger partial charge in [-0.2, -0.15) is 0 Å². The lowest BCUT2D eigenvalue weighted by Gasteiger charge is -2.05. The number of hydrogen-bond acceptors (Lipinski definition) is 2. The van der Waals surface area contributed by atoms with Crippen LogP contribution in [-0.2, 0) is 11.2 Å². The van der Waals surface area contributed by atoms with Gasteiger partial charge in [0.2, 0.25) is 5.91 Å². The minimum atomic E-state index is 0.0821. The third-order valence-corrected chi connectivity index (χ3v) is 2.38. The van der Waals surface area contributed by atoms with E-state index in [-0.39, 0.29) is 5.91 Å². The van der Waals surface area contributed by atoms with Crippen molar-refractivity contribution in [2.45, 2.75) is 26.2 Å². The van der Waals surface area contributed by atoms with Gasteiger partial charge in [0.1, 0.15) is 5.75 Å². The van der Waals surface area contributed by atoms with Gasteiger partial charge in [0.25, 0.3) is 0 Å². The first-order valence-electron chi connectivity index (χ1n) is 5.66. The van der Waals surface area contributed by atoms with Gasteiger partial charge in [-0.1, -0.05) is 25.5 Å². The first-order chi connectivity index (χ1) is 7.76. The van der Waals surface area contributed by atoms with Crippen LogP contribution in [-0.4, -0.2) is 19.6 Å². The van der Waals surface area contributed by atoms with Gasteiger partial charge in [0, 0.05) is 6.54 Å². The molecule has 16 heavy (non-hydrogen) atoms. The fourth-order valence-corrected chi connectivity index (χ4v) is 1.40. The van der Waals surface area contributed by atoms with Crippen LogP contribution in [0.4, 0.5) is 0 Å². The van der Waals surface area contributed by atoms with E-state index in [9.17, 15) is 4.79 Å². The first kappa shape index (κ1) is 12.6. The molecular weight excluding hydrogens is 202 g/mol. The van der Waals surface area contributed by atoms with Gasteiger partial charge in [-0.3, -0.25) is 4.79 Å². The molecule has 0 heterocycles. The number of carbonyl (C=O) groups is 1. The van der Waals surface area contributed by atoms with Crippen LogP contribution in [0.3, 0.4) is 0 Å². The molecule has 1 amide bonds. The molecule has 0 fully saturated rings. The number of unbranched alkanes of at least 4 members (excludes halogenated alkanes) is 1. The molecule has 0 aliphatic carbocycles. The van der Waals surface area contributed by atoms with Crippen molar-refractivity contribution in [3.8, 4) is 5.75 Å². The first-order valence-corrected chi connectivity index (χ1v) is 5.66. The SMILES string of the molecule is CCCCNC(=O)Cc1ccc(OC)cc1. The molecule has 1 rings (SSSR count). The normalized spacial score (nSPS) is 9.88. The number of nitrogens with one attached hydrogen (secondary N) is 1. The van der Waals surface area contributed by atoms with Gasteiger partial charge < -0.3 is 10.1 Å². The molecule has 0 aromatic heterocycles. The van der Waals surface area contributed by atoms with Gasteiger partial charge >= 0.3 is 0 Å². The molecule has 0 atom stereocenters. The van der Waals surface area contributed by atoms with Crippen LogP contribution in [0.15, 0.2) is 24.3 Å². The molecule has 0 saturated heterocycles. The van der Waals surface area contributed by atoms with E-state index in [1.54, 1.807) is 7.11 Å². The van der Waals surface area contributed by atoms with Gasteiger partial charge in [-0.25, -0.2) is 0 Å². The summed E-state index contributed by atoms with van der Waals surface area (Å²) in [6, 6.07) is 7.57. The summed E-state index contributed by atoms with van der Waals surface area (Å²) < 4.78 is 5.05. The number of benzene rings is 1. The number of carbonyl (C=O) groups excluding carboxylic acids is 1. The van der Waals surface area contributed by atoms with Gasteiger partial charge in [-0.15, -0.1) is 0 Å². The van der Waals surface area contributed by atoms with Crippen molar-refractivity contribution < 1.29 is 9.53 Å². The quantitative estimate of drug-likeness (QED) is 0.747. The van der Waals surface area contributed by atoms with Crippen LogP contribution in [0.25, 0.3) is 0 Å². The lowest BCUT2D eigenvalue weighted by Crippen LogP contribution is -2.25. The number of rotatable bonds is 6. The molecule has 88 valence electrons. The Kier molecular flexibility index (Phi) is 5.40. The minimum Gasteiger partial charge on any atom is -0.497 e. The maximum Gasteiger partial charge on any atom is 0.224 e. The van der Waals surface area contributed by atoms with Crippen molar-refractivity contribution in [3.63, 3.8) is 0 Å². The maximum atomic E-state index is 11.5. The smallest absolute Gasteiger partial charge is 0.224 e. The van der Waals surface area contributed by atoms with Gasteiger partial charge in [0.15, 0.2) is 0 Å². The minimum absolute atomic E-state index is 0.0821. The summed E-state index contributed by atoms with van der Waals surface area (Å²) in [6.45, 7) is 2.88. The molecule has 0 aliphatic rings. The van der Waals surface area contributed by atoms with Crippen molar-refractivity contribution >= 4 is 5.91 Å². The molecule has 0 aliphatic heterocycles. The van der Waals surface area contributed by atoms with Gasteiger partial charge in [0.05, 0.1) is 13.5 Å². The summed E-state index contributed by atoms with van der Waals surface area (Å²) in [5.74, 6) is 0.897. The summed E-state index contributed by atoms with van der Waals surface area (Å²) in [5, 5.41) is 2.89. The lowest BCUT2D eigenvalue weighted by molar-refractivity contribution is -0.120. The summed E-state index contributed by atoms with van der Waals surface area (Å²) in [4.78, 5) is 11.5. The predicted octanol–water partition coefficient (Wildman–Crippen LogP) is 2.15. The van der Waals surface area contributed by atoms with E-state index in [1.807, 2.05) is 24.3 Å². The second-order valence-electron chi connectivity index (χ2n) is 3.73. The molecule has 0 unspecified atom stereocenters. The summed E-state index contributed by atoms with van der Waals surface area (Å²) in [5.41, 5.74) is 1.01. The summed E-state index contributed by atoms with van der Waals surface area (Å²) in [7, 11) is 1.63. The maximum absolute atomic E-state index is 11.5. The Morgan fingerprint density at radius 2 is 2.00 bits per heavy atom. The van der Waals surface area contributed by atoms with E-state index < -0.39 is 0 Å². The van der Waals surface area contributed by atoms with Crippen LogP contribution in [0, 0.1) is 0 Å². The Morgan fingerprint density at radius 1 is 1.31 bits per heavy atom. The standard InChI is InChI=1S/C13H19NO2/c1-3-4-9-14-13(15)10-11-5-7-12(16-2)8-6-11/h5-8H,3-4,9-10H2,1-2H3,(H,14,15). The van der Waals surface area contributed by atoms with E-state index in [2.05, 4.69) is 12.2 Å². The molecule has 1 aromatic rings. The highest BCUT2D eigenvalue weighted by molar-refractivity contribution is 5.78. The van der Waals surface area contributed by atoms with E-state index in [4.69, 9.17) is 4.74 Å². The van der Waals surface area contributed by atoms with Crippen LogP contribution >= 0.6 is 0 Å². The second kappa shape index (κ2) is 6.88. The Balaban J connectivity index is 2.37. The molecule has 0 bridgehead atoms. The zero-order valence-corrected chi connectivity index (χ0v) is 9.95. The van der Waals surface area contributed by atoms with E-state index >= 15 is 0 Å². The number of ether oxygens (including phenoxy) is 1. The third kappa shape index (κ3) is 4.34. The van der Waals surface area contributed by atoms with Crippen LogP contribution in [0.5, 0.6) is 5.75 Å². The van der Waals surface area contributed by atoms with Crippen molar-refractivity contribution in [2.75, 3.05) is 13.7 Å². The average molecular weight is 221 g/mol. The van der Waals surface area contributed by atoms with Crippen molar-refractivity contribution in [1.29, 1.82) is 0 Å². The Labute approximate surface area is 96.8 Å². The Morgan fingerprint density at radius 3 is 2.56 bits per heavy atom. The predicted molar refractivity (Wildman–Crippen MR) is 64.6 cm³/mol. The van der Waals surface area contributed by atoms with Crippen molar-refractivity contribution in [1.82, 2.24) is 5.32 Å². The van der Waals surface area contributed by atoms with Crippen LogP contribution in [0.2, 0.25) is 0 Å². The summed E-state index contributed by atoms with van der Waals surface area (Å²) in [6.07, 6.45) is 2.57. The van der Waals surface area contributed by atoms with Gasteiger partial charge in [-0.05, 0) is 24.1 Å². The zero-order chi connectivity index (χ0) is 11.8. The fourth-order valence-electron chi connectivity index (χ4n) is 1.40. The molecule has 0 saturated carbocycles. The van der Waals surface area contributed by atoms with Crippen molar-refractivity contribution in [2.24, 2.45) is 0 Å². The van der Waals surface area contributed by atoms with E-state index in [1.165, 1.54) is 0 Å². The highest BCUT2D eigenvalue weighted by Gasteiger charge is 2.02. The Hall–Kier alpha value is -1.51. The van der Waals surface area contributed by atoms with Crippen LogP contribution in [0.1, 0.15) is 25.3 Å². The molecule has 1 N–H and O–H groups in total. The highest BCUT2D eigenvalue weighted by Crippen LogP contribution is 2.11. The largest absolute Gasteiger partial charge is 0.497 e. The molecule has 0 spiro atoms. The highest BCUT2D eigenvalue weighted by atomic mass is 16.5.